The zero-order valence-electron chi connectivity index (χ0n) is 12.1. The van der Waals surface area contributed by atoms with E-state index in [9.17, 15) is 0 Å². The van der Waals surface area contributed by atoms with Crippen molar-refractivity contribution in [3.63, 3.8) is 0 Å². The Morgan fingerprint density at radius 1 is 1.40 bits per heavy atom. The fourth-order valence-electron chi connectivity index (χ4n) is 3.50. The molecule has 20 heavy (non-hydrogen) atoms. The van der Waals surface area contributed by atoms with Gasteiger partial charge in [-0.25, -0.2) is 4.98 Å². The van der Waals surface area contributed by atoms with Gasteiger partial charge in [0.25, 0.3) is 0 Å². The molecule has 2 aliphatic rings. The van der Waals surface area contributed by atoms with Crippen LogP contribution in [0, 0.1) is 11.3 Å². The summed E-state index contributed by atoms with van der Waals surface area (Å²) < 4.78 is 0. The summed E-state index contributed by atoms with van der Waals surface area (Å²) in [6.45, 7) is 6.86. The highest BCUT2D eigenvalue weighted by molar-refractivity contribution is 5.25. The van der Waals surface area contributed by atoms with Crippen LogP contribution in [0.5, 0.6) is 0 Å². The molecule has 0 amide bonds. The Morgan fingerprint density at radius 3 is 3.15 bits per heavy atom. The zero-order valence-corrected chi connectivity index (χ0v) is 12.1. The number of hydrogen-bond donors (Lipinski definition) is 0. The van der Waals surface area contributed by atoms with E-state index in [0.29, 0.717) is 11.7 Å². The van der Waals surface area contributed by atoms with Gasteiger partial charge in [0.05, 0.1) is 0 Å². The maximum Gasteiger partial charge on any atom is 0.140 e. The lowest BCUT2D eigenvalue weighted by Crippen LogP contribution is -2.58. The molecule has 0 N–H and O–H groups in total. The van der Waals surface area contributed by atoms with Gasteiger partial charge in [0.1, 0.15) is 11.8 Å². The summed E-state index contributed by atoms with van der Waals surface area (Å²) in [6, 6.07) is 7.39. The lowest BCUT2D eigenvalue weighted by Gasteiger charge is -2.47. The third-order valence-electron chi connectivity index (χ3n) is 4.64. The van der Waals surface area contributed by atoms with Crippen molar-refractivity contribution in [2.75, 3.05) is 19.6 Å². The smallest absolute Gasteiger partial charge is 0.140 e. The summed E-state index contributed by atoms with van der Waals surface area (Å²) in [7, 11) is 0. The highest BCUT2D eigenvalue weighted by atomic mass is 15.3. The Balaban J connectivity index is 1.68. The van der Waals surface area contributed by atoms with Crippen LogP contribution in [-0.4, -0.2) is 46.5 Å². The van der Waals surface area contributed by atoms with Gasteiger partial charge in [-0.1, -0.05) is 6.42 Å². The normalized spacial score (nSPS) is 27.8. The Hall–Kier alpha value is -1.44. The fourth-order valence-corrected chi connectivity index (χ4v) is 3.50. The quantitative estimate of drug-likeness (QED) is 0.824. The average molecular weight is 270 g/mol. The number of hydrogen-bond acceptors (Lipinski definition) is 4. The number of pyridine rings is 1. The molecule has 2 saturated heterocycles. The van der Waals surface area contributed by atoms with Gasteiger partial charge in [0.15, 0.2) is 0 Å². The van der Waals surface area contributed by atoms with Crippen molar-refractivity contribution in [3.05, 3.63) is 29.6 Å². The van der Waals surface area contributed by atoms with Gasteiger partial charge in [0.2, 0.25) is 0 Å². The van der Waals surface area contributed by atoms with E-state index in [-0.39, 0.29) is 0 Å². The summed E-state index contributed by atoms with van der Waals surface area (Å²) in [5, 5.41) is 8.94. The van der Waals surface area contributed by atoms with Crippen molar-refractivity contribution in [1.29, 1.82) is 5.26 Å². The van der Waals surface area contributed by atoms with Gasteiger partial charge in [0, 0.05) is 37.9 Å². The van der Waals surface area contributed by atoms with Gasteiger partial charge in [-0.3, -0.25) is 9.80 Å². The van der Waals surface area contributed by atoms with E-state index in [1.165, 1.54) is 37.9 Å². The molecule has 0 spiro atoms. The number of piperidine rings is 1. The van der Waals surface area contributed by atoms with Crippen molar-refractivity contribution in [2.24, 2.45) is 0 Å². The first kappa shape index (κ1) is 13.5. The average Bonchev–Trinajstić information content (AvgIpc) is 2.48. The SMILES string of the molecule is CC1CN2CCCCC2CN1Cc1ccnc(C#N)c1. The van der Waals surface area contributed by atoms with Gasteiger partial charge < -0.3 is 0 Å². The maximum atomic E-state index is 8.94. The Kier molecular flexibility index (Phi) is 4.00. The molecule has 0 saturated carbocycles. The van der Waals surface area contributed by atoms with Crippen molar-refractivity contribution in [2.45, 2.75) is 44.8 Å². The number of rotatable bonds is 2. The minimum atomic E-state index is 0.520. The fraction of sp³-hybridized carbons (Fsp3) is 0.625. The molecule has 0 radical (unpaired) electrons. The zero-order chi connectivity index (χ0) is 13.9. The van der Waals surface area contributed by atoms with Gasteiger partial charge >= 0.3 is 0 Å². The lowest BCUT2D eigenvalue weighted by molar-refractivity contribution is 0.0111. The first-order chi connectivity index (χ1) is 9.76. The van der Waals surface area contributed by atoms with Gasteiger partial charge in [-0.05, 0) is 44.0 Å². The Bertz CT molecular complexity index is 507. The topological polar surface area (TPSA) is 43.2 Å². The predicted molar refractivity (Wildman–Crippen MR) is 78.0 cm³/mol. The van der Waals surface area contributed by atoms with E-state index >= 15 is 0 Å². The lowest BCUT2D eigenvalue weighted by atomic mass is 9.97. The molecule has 4 heteroatoms. The van der Waals surface area contributed by atoms with Crippen LogP contribution in [0.2, 0.25) is 0 Å². The first-order valence-electron chi connectivity index (χ1n) is 7.59. The van der Waals surface area contributed by atoms with E-state index in [4.69, 9.17) is 5.26 Å². The molecule has 2 aliphatic heterocycles. The van der Waals surface area contributed by atoms with Crippen LogP contribution < -0.4 is 0 Å². The van der Waals surface area contributed by atoms with E-state index in [2.05, 4.69) is 27.8 Å². The van der Waals surface area contributed by atoms with Gasteiger partial charge in [-0.15, -0.1) is 0 Å². The molecule has 2 atom stereocenters. The summed E-state index contributed by atoms with van der Waals surface area (Å²) in [4.78, 5) is 9.27. The van der Waals surface area contributed by atoms with E-state index in [1.807, 2.05) is 12.1 Å². The number of fused-ring (bicyclic) bond motifs is 1. The monoisotopic (exact) mass is 270 g/mol. The Labute approximate surface area is 121 Å². The molecule has 0 aromatic carbocycles. The van der Waals surface area contributed by atoms with Crippen LogP contribution in [-0.2, 0) is 6.54 Å². The third-order valence-corrected chi connectivity index (χ3v) is 4.64. The largest absolute Gasteiger partial charge is 0.298 e. The summed E-state index contributed by atoms with van der Waals surface area (Å²) in [5.74, 6) is 0. The second kappa shape index (κ2) is 5.90. The van der Waals surface area contributed by atoms with Crippen LogP contribution in [0.3, 0.4) is 0 Å². The van der Waals surface area contributed by atoms with E-state index in [1.54, 1.807) is 6.20 Å². The second-order valence-electron chi connectivity index (χ2n) is 6.08. The summed E-state index contributed by atoms with van der Waals surface area (Å²) >= 11 is 0. The van der Waals surface area contributed by atoms with Crippen molar-refractivity contribution in [1.82, 2.24) is 14.8 Å². The van der Waals surface area contributed by atoms with E-state index < -0.39 is 0 Å². The molecule has 106 valence electrons. The maximum absolute atomic E-state index is 8.94. The highest BCUT2D eigenvalue weighted by Gasteiger charge is 2.32. The molecule has 4 nitrogen and oxygen atoms in total. The van der Waals surface area contributed by atoms with Crippen molar-refractivity contribution >= 4 is 0 Å². The molecule has 1 aromatic rings. The standard InChI is InChI=1S/C16H22N4/c1-13-10-19-7-3-2-4-16(19)12-20(13)11-14-5-6-18-15(8-14)9-17/h5-6,8,13,16H,2-4,7,10-12H2,1H3. The minimum Gasteiger partial charge on any atom is -0.298 e. The predicted octanol–water partition coefficient (Wildman–Crippen LogP) is 2.01. The van der Waals surface area contributed by atoms with Crippen LogP contribution in [0.15, 0.2) is 18.3 Å². The van der Waals surface area contributed by atoms with Crippen LogP contribution in [0.25, 0.3) is 0 Å². The summed E-state index contributed by atoms with van der Waals surface area (Å²) in [5.41, 5.74) is 1.72. The van der Waals surface area contributed by atoms with Gasteiger partial charge in [-0.2, -0.15) is 5.26 Å². The van der Waals surface area contributed by atoms with Crippen LogP contribution >= 0.6 is 0 Å². The summed E-state index contributed by atoms with van der Waals surface area (Å²) in [6.07, 6.45) is 5.81. The molecular formula is C16H22N4. The molecule has 0 aliphatic carbocycles. The Morgan fingerprint density at radius 2 is 2.30 bits per heavy atom. The highest BCUT2D eigenvalue weighted by Crippen LogP contribution is 2.25. The molecule has 1 aromatic heterocycles. The third kappa shape index (κ3) is 2.84. The molecule has 2 fully saturated rings. The van der Waals surface area contributed by atoms with Crippen molar-refractivity contribution < 1.29 is 0 Å². The molecule has 3 heterocycles. The number of nitriles is 1. The number of aromatic nitrogens is 1. The molecule has 0 bridgehead atoms. The molecule has 2 unspecified atom stereocenters. The first-order valence-corrected chi connectivity index (χ1v) is 7.59. The number of nitrogens with zero attached hydrogens (tertiary/aromatic N) is 4. The van der Waals surface area contributed by atoms with Crippen molar-refractivity contribution in [3.8, 4) is 6.07 Å². The van der Waals surface area contributed by atoms with Crippen LogP contribution in [0.4, 0.5) is 0 Å². The number of piperazine rings is 1. The molecule has 3 rings (SSSR count). The second-order valence-corrected chi connectivity index (χ2v) is 6.08. The van der Waals surface area contributed by atoms with Crippen LogP contribution in [0.1, 0.15) is 37.4 Å². The minimum absolute atomic E-state index is 0.520. The molecular weight excluding hydrogens is 248 g/mol. The van der Waals surface area contributed by atoms with E-state index in [0.717, 1.165) is 19.1 Å².